The fourth-order valence-corrected chi connectivity index (χ4v) is 2.14. The maximum atomic E-state index is 14.1. The van der Waals surface area contributed by atoms with Gasteiger partial charge >= 0.3 is 5.97 Å². The number of hydrogen-bond acceptors (Lipinski definition) is 5. The number of rotatable bonds is 4. The third-order valence-electron chi connectivity index (χ3n) is 3.10. The minimum Gasteiger partial charge on any atom is -0.486 e. The van der Waals surface area contributed by atoms with Crippen molar-refractivity contribution in [1.29, 1.82) is 5.26 Å². The van der Waals surface area contributed by atoms with Crippen molar-refractivity contribution in [2.45, 2.75) is 20.0 Å². The zero-order valence-corrected chi connectivity index (χ0v) is 13.0. The van der Waals surface area contributed by atoms with Gasteiger partial charge in [0.05, 0.1) is 30.2 Å². The highest BCUT2D eigenvalue weighted by molar-refractivity contribution is 5.96. The Labute approximate surface area is 132 Å². The number of esters is 1. The fourth-order valence-electron chi connectivity index (χ4n) is 2.14. The van der Waals surface area contributed by atoms with Crippen LogP contribution < -0.4 is 10.5 Å². The van der Waals surface area contributed by atoms with E-state index in [4.69, 9.17) is 20.5 Å². The number of para-hydroxylation sites is 1. The number of ether oxygens (including phenoxy) is 2. The number of aromatic nitrogens is 1. The van der Waals surface area contributed by atoms with Crippen LogP contribution in [0.15, 0.2) is 24.4 Å². The molecule has 2 N–H and O–H groups in total. The topological polar surface area (TPSA) is 90.3 Å². The summed E-state index contributed by atoms with van der Waals surface area (Å²) >= 11 is 0. The van der Waals surface area contributed by atoms with Crippen molar-refractivity contribution in [3.63, 3.8) is 0 Å². The normalized spacial score (nSPS) is 10.4. The van der Waals surface area contributed by atoms with Gasteiger partial charge in [0.15, 0.2) is 17.3 Å². The van der Waals surface area contributed by atoms with E-state index in [0.717, 1.165) is 0 Å². The van der Waals surface area contributed by atoms with Crippen LogP contribution in [-0.4, -0.2) is 23.8 Å². The molecule has 1 aromatic heterocycles. The van der Waals surface area contributed by atoms with E-state index in [2.05, 4.69) is 0 Å². The molecule has 0 aliphatic heterocycles. The second-order valence-corrected chi connectivity index (χ2v) is 5.03. The second kappa shape index (κ2) is 6.40. The van der Waals surface area contributed by atoms with Crippen molar-refractivity contribution in [3.05, 3.63) is 41.5 Å². The summed E-state index contributed by atoms with van der Waals surface area (Å²) in [6.45, 7) is 3.50. The van der Waals surface area contributed by atoms with Crippen LogP contribution in [0, 0.1) is 17.1 Å². The Kier molecular flexibility index (Phi) is 4.55. The molecule has 7 heteroatoms. The summed E-state index contributed by atoms with van der Waals surface area (Å²) in [6.07, 6.45) is 1.07. The molecule has 0 bridgehead atoms. The summed E-state index contributed by atoms with van der Waals surface area (Å²) in [4.78, 5) is 12.0. The standard InChI is InChI=1S/C16H16FN3O3/c1-9(2)23-15-11(17)5-4-6-12(15)20-8-10(7-18)13(19)14(20)16(21)22-3/h4-6,8-9H,19H2,1-3H3. The predicted octanol–water partition coefficient (Wildman–Crippen LogP) is 2.64. The minimum atomic E-state index is -0.733. The maximum Gasteiger partial charge on any atom is 0.357 e. The molecule has 120 valence electrons. The van der Waals surface area contributed by atoms with E-state index in [9.17, 15) is 9.18 Å². The number of hydrogen-bond donors (Lipinski definition) is 1. The van der Waals surface area contributed by atoms with Gasteiger partial charge in [0.1, 0.15) is 6.07 Å². The molecule has 0 saturated carbocycles. The number of anilines is 1. The molecular weight excluding hydrogens is 301 g/mol. The Morgan fingerprint density at radius 1 is 1.43 bits per heavy atom. The molecule has 2 aromatic rings. The number of nitrogens with zero attached hydrogens (tertiary/aromatic N) is 2. The first kappa shape index (κ1) is 16.4. The lowest BCUT2D eigenvalue weighted by Crippen LogP contribution is -2.14. The first-order valence-corrected chi connectivity index (χ1v) is 6.85. The molecule has 0 atom stereocenters. The zero-order valence-electron chi connectivity index (χ0n) is 13.0. The third kappa shape index (κ3) is 2.97. The number of nitrogens with two attached hydrogens (primary N) is 1. The quantitative estimate of drug-likeness (QED) is 0.875. The van der Waals surface area contributed by atoms with E-state index in [0.29, 0.717) is 0 Å². The Balaban J connectivity index is 2.75. The number of methoxy groups -OCH3 is 1. The number of halogens is 1. The molecule has 1 heterocycles. The number of carbonyl (C=O) groups excluding carboxylic acids is 1. The lowest BCUT2D eigenvalue weighted by atomic mass is 10.2. The van der Waals surface area contributed by atoms with Gasteiger partial charge in [-0.25, -0.2) is 9.18 Å². The summed E-state index contributed by atoms with van der Waals surface area (Å²) < 4.78 is 25.7. The van der Waals surface area contributed by atoms with Gasteiger partial charge in [-0.3, -0.25) is 0 Å². The Hall–Kier alpha value is -3.01. The molecule has 0 fully saturated rings. The van der Waals surface area contributed by atoms with Gasteiger partial charge in [-0.1, -0.05) is 6.07 Å². The van der Waals surface area contributed by atoms with Crippen LogP contribution in [0.25, 0.3) is 5.69 Å². The van der Waals surface area contributed by atoms with E-state index in [-0.39, 0.29) is 34.5 Å². The van der Waals surface area contributed by atoms with Gasteiger partial charge in [-0.05, 0) is 26.0 Å². The predicted molar refractivity (Wildman–Crippen MR) is 82.0 cm³/mol. The SMILES string of the molecule is COC(=O)c1c(N)c(C#N)cn1-c1cccc(F)c1OC(C)C. The molecular formula is C16H16FN3O3. The fraction of sp³-hybridized carbons (Fsp3) is 0.250. The average Bonchev–Trinajstić information content (AvgIpc) is 2.84. The van der Waals surface area contributed by atoms with E-state index in [1.807, 2.05) is 6.07 Å². The van der Waals surface area contributed by atoms with Crippen molar-refractivity contribution >= 4 is 11.7 Å². The van der Waals surface area contributed by atoms with Crippen molar-refractivity contribution in [2.24, 2.45) is 0 Å². The smallest absolute Gasteiger partial charge is 0.357 e. The van der Waals surface area contributed by atoms with Crippen molar-refractivity contribution in [1.82, 2.24) is 4.57 Å². The van der Waals surface area contributed by atoms with Crippen LogP contribution >= 0.6 is 0 Å². The highest BCUT2D eigenvalue weighted by atomic mass is 19.1. The Morgan fingerprint density at radius 2 is 2.13 bits per heavy atom. The molecule has 2 rings (SSSR count). The van der Waals surface area contributed by atoms with Gasteiger partial charge in [0.2, 0.25) is 0 Å². The Bertz CT molecular complexity index is 791. The first-order valence-electron chi connectivity index (χ1n) is 6.85. The van der Waals surface area contributed by atoms with Crippen molar-refractivity contribution < 1.29 is 18.7 Å². The van der Waals surface area contributed by atoms with Crippen LogP contribution in [0.2, 0.25) is 0 Å². The molecule has 0 amide bonds. The number of nitrogen functional groups attached to an aromatic ring is 1. The summed E-state index contributed by atoms with van der Waals surface area (Å²) in [7, 11) is 1.20. The van der Waals surface area contributed by atoms with E-state index in [1.54, 1.807) is 19.9 Å². The largest absolute Gasteiger partial charge is 0.486 e. The maximum absolute atomic E-state index is 14.1. The summed E-state index contributed by atoms with van der Waals surface area (Å²) in [5.74, 6) is -1.35. The van der Waals surface area contributed by atoms with Crippen LogP contribution in [0.5, 0.6) is 5.75 Å². The van der Waals surface area contributed by atoms with Gasteiger partial charge in [0.25, 0.3) is 0 Å². The summed E-state index contributed by atoms with van der Waals surface area (Å²) in [5.41, 5.74) is 6.10. The van der Waals surface area contributed by atoms with E-state index >= 15 is 0 Å². The van der Waals surface area contributed by atoms with Gasteiger partial charge < -0.3 is 19.8 Å². The first-order chi connectivity index (χ1) is 10.9. The van der Waals surface area contributed by atoms with Crippen LogP contribution in [0.1, 0.15) is 29.9 Å². The van der Waals surface area contributed by atoms with Crippen molar-refractivity contribution in [3.8, 4) is 17.5 Å². The molecule has 0 unspecified atom stereocenters. The van der Waals surface area contributed by atoms with E-state index < -0.39 is 11.8 Å². The van der Waals surface area contributed by atoms with Crippen LogP contribution in [0.3, 0.4) is 0 Å². The van der Waals surface area contributed by atoms with Crippen molar-refractivity contribution in [2.75, 3.05) is 12.8 Å². The molecule has 0 radical (unpaired) electrons. The molecule has 0 aliphatic carbocycles. The van der Waals surface area contributed by atoms with Gasteiger partial charge in [-0.15, -0.1) is 0 Å². The lowest BCUT2D eigenvalue weighted by molar-refractivity contribution is 0.0593. The lowest BCUT2D eigenvalue weighted by Gasteiger charge is -2.17. The summed E-state index contributed by atoms with van der Waals surface area (Å²) in [6, 6.07) is 6.18. The average molecular weight is 317 g/mol. The molecule has 0 aliphatic rings. The molecule has 23 heavy (non-hydrogen) atoms. The van der Waals surface area contributed by atoms with Gasteiger partial charge in [0, 0.05) is 6.20 Å². The number of nitriles is 1. The minimum absolute atomic E-state index is 0.0286. The van der Waals surface area contributed by atoms with Gasteiger partial charge in [-0.2, -0.15) is 5.26 Å². The second-order valence-electron chi connectivity index (χ2n) is 5.03. The molecule has 1 aromatic carbocycles. The Morgan fingerprint density at radius 3 is 2.70 bits per heavy atom. The number of carbonyl (C=O) groups is 1. The monoisotopic (exact) mass is 317 g/mol. The molecule has 0 spiro atoms. The van der Waals surface area contributed by atoms with E-state index in [1.165, 1.54) is 30.0 Å². The third-order valence-corrected chi connectivity index (χ3v) is 3.10. The summed E-state index contributed by atoms with van der Waals surface area (Å²) in [5, 5.41) is 9.13. The zero-order chi connectivity index (χ0) is 17.1. The van der Waals surface area contributed by atoms with Crippen LogP contribution in [-0.2, 0) is 4.74 Å². The highest BCUT2D eigenvalue weighted by Gasteiger charge is 2.24. The van der Waals surface area contributed by atoms with Crippen LogP contribution in [0.4, 0.5) is 10.1 Å². The highest BCUT2D eigenvalue weighted by Crippen LogP contribution is 2.32. The number of benzene rings is 1. The molecule has 6 nitrogen and oxygen atoms in total. The molecule has 0 saturated heterocycles.